The van der Waals surface area contributed by atoms with Crippen molar-refractivity contribution in [3.05, 3.63) is 51.0 Å². The van der Waals surface area contributed by atoms with Gasteiger partial charge in [-0.1, -0.05) is 15.9 Å². The van der Waals surface area contributed by atoms with Crippen molar-refractivity contribution in [2.45, 2.75) is 18.9 Å². The van der Waals surface area contributed by atoms with E-state index in [4.69, 9.17) is 4.74 Å². The van der Waals surface area contributed by atoms with E-state index in [1.54, 1.807) is 16.8 Å². The molecule has 1 saturated carbocycles. The maximum absolute atomic E-state index is 12.2. The van der Waals surface area contributed by atoms with Crippen molar-refractivity contribution < 1.29 is 14.6 Å². The SMILES string of the molecule is O=C(O)c1cc(Br)ccc1Oc1nccn(C2CC2)c1=O. The molecule has 1 aliphatic rings. The Bertz CT molecular complexity index is 768. The van der Waals surface area contributed by atoms with Crippen LogP contribution in [0.3, 0.4) is 0 Å². The van der Waals surface area contributed by atoms with Gasteiger partial charge in [0.2, 0.25) is 0 Å². The standard InChI is InChI=1S/C14H11BrN2O4/c15-8-1-4-11(10(7-8)14(19)20)21-12-13(18)17(6-5-16-12)9-2-3-9/h1,4-7,9H,2-3H2,(H,19,20). The molecule has 7 heteroatoms. The Kier molecular flexibility index (Phi) is 3.50. The summed E-state index contributed by atoms with van der Waals surface area (Å²) in [6, 6.07) is 4.75. The highest BCUT2D eigenvalue weighted by atomic mass is 79.9. The maximum Gasteiger partial charge on any atom is 0.339 e. The molecule has 1 fully saturated rings. The van der Waals surface area contributed by atoms with Crippen molar-refractivity contribution in [3.8, 4) is 11.6 Å². The van der Waals surface area contributed by atoms with Crippen molar-refractivity contribution in [2.75, 3.05) is 0 Å². The van der Waals surface area contributed by atoms with Crippen LogP contribution in [0.25, 0.3) is 0 Å². The van der Waals surface area contributed by atoms with Crippen LogP contribution in [0.1, 0.15) is 29.2 Å². The van der Waals surface area contributed by atoms with Gasteiger partial charge in [-0.3, -0.25) is 4.79 Å². The molecule has 0 amide bonds. The van der Waals surface area contributed by atoms with Crippen LogP contribution >= 0.6 is 15.9 Å². The van der Waals surface area contributed by atoms with E-state index in [0.29, 0.717) is 4.47 Å². The van der Waals surface area contributed by atoms with E-state index in [1.165, 1.54) is 18.3 Å². The van der Waals surface area contributed by atoms with Crippen LogP contribution < -0.4 is 10.3 Å². The summed E-state index contributed by atoms with van der Waals surface area (Å²) in [5.74, 6) is -1.16. The molecule has 1 aromatic carbocycles. The molecule has 0 saturated heterocycles. The molecule has 0 bridgehead atoms. The lowest BCUT2D eigenvalue weighted by molar-refractivity contribution is 0.0694. The van der Waals surface area contributed by atoms with Crippen LogP contribution in [0.4, 0.5) is 0 Å². The van der Waals surface area contributed by atoms with E-state index in [1.807, 2.05) is 0 Å². The zero-order valence-electron chi connectivity index (χ0n) is 10.8. The second-order valence-electron chi connectivity index (χ2n) is 4.72. The van der Waals surface area contributed by atoms with Crippen LogP contribution in [0.2, 0.25) is 0 Å². The third-order valence-corrected chi connectivity index (χ3v) is 3.65. The average molecular weight is 351 g/mol. The highest BCUT2D eigenvalue weighted by Gasteiger charge is 2.26. The number of hydrogen-bond donors (Lipinski definition) is 1. The first-order valence-corrected chi connectivity index (χ1v) is 7.13. The molecule has 0 atom stereocenters. The molecule has 0 unspecified atom stereocenters. The molecule has 21 heavy (non-hydrogen) atoms. The Morgan fingerprint density at radius 3 is 2.86 bits per heavy atom. The largest absolute Gasteiger partial charge is 0.478 e. The molecular weight excluding hydrogens is 340 g/mol. The van der Waals surface area contributed by atoms with Crippen molar-refractivity contribution in [2.24, 2.45) is 0 Å². The normalized spacial score (nSPS) is 14.0. The zero-order valence-corrected chi connectivity index (χ0v) is 12.4. The summed E-state index contributed by atoms with van der Waals surface area (Å²) in [5.41, 5.74) is -0.383. The van der Waals surface area contributed by atoms with Gasteiger partial charge in [-0.2, -0.15) is 0 Å². The lowest BCUT2D eigenvalue weighted by Crippen LogP contribution is -2.20. The van der Waals surface area contributed by atoms with E-state index in [-0.39, 0.29) is 28.8 Å². The lowest BCUT2D eigenvalue weighted by atomic mass is 10.2. The number of aromatic nitrogens is 2. The van der Waals surface area contributed by atoms with E-state index in [0.717, 1.165) is 12.8 Å². The third kappa shape index (κ3) is 2.82. The van der Waals surface area contributed by atoms with Gasteiger partial charge in [0.15, 0.2) is 0 Å². The number of rotatable bonds is 4. The van der Waals surface area contributed by atoms with Crippen LogP contribution in [-0.4, -0.2) is 20.6 Å². The van der Waals surface area contributed by atoms with Gasteiger partial charge in [0.1, 0.15) is 11.3 Å². The van der Waals surface area contributed by atoms with Crippen molar-refractivity contribution in [1.82, 2.24) is 9.55 Å². The summed E-state index contributed by atoms with van der Waals surface area (Å²) in [4.78, 5) is 27.4. The van der Waals surface area contributed by atoms with Gasteiger partial charge in [0.25, 0.3) is 5.88 Å². The Balaban J connectivity index is 1.99. The van der Waals surface area contributed by atoms with Gasteiger partial charge in [-0.15, -0.1) is 0 Å². The molecule has 2 aromatic rings. The maximum atomic E-state index is 12.2. The zero-order chi connectivity index (χ0) is 15.0. The fraction of sp³-hybridized carbons (Fsp3) is 0.214. The molecule has 0 aliphatic heterocycles. The number of carboxylic acids is 1. The molecule has 3 rings (SSSR count). The second-order valence-corrected chi connectivity index (χ2v) is 5.64. The first-order valence-electron chi connectivity index (χ1n) is 6.34. The number of ether oxygens (including phenoxy) is 1. The minimum absolute atomic E-state index is 0.0348. The molecule has 108 valence electrons. The second kappa shape index (κ2) is 5.33. The number of carbonyl (C=O) groups is 1. The summed E-state index contributed by atoms with van der Waals surface area (Å²) in [7, 11) is 0. The van der Waals surface area contributed by atoms with Crippen LogP contribution in [0.5, 0.6) is 11.6 Å². The van der Waals surface area contributed by atoms with Crippen LogP contribution in [0, 0.1) is 0 Å². The predicted molar refractivity (Wildman–Crippen MR) is 77.9 cm³/mol. The fourth-order valence-electron chi connectivity index (χ4n) is 1.98. The first kappa shape index (κ1) is 13.8. The topological polar surface area (TPSA) is 81.4 Å². The number of nitrogens with zero attached hydrogens (tertiary/aromatic N) is 2. The highest BCUT2D eigenvalue weighted by molar-refractivity contribution is 9.10. The minimum atomic E-state index is -1.13. The van der Waals surface area contributed by atoms with Gasteiger partial charge < -0.3 is 14.4 Å². The summed E-state index contributed by atoms with van der Waals surface area (Å²) >= 11 is 3.20. The number of halogens is 1. The molecule has 1 aromatic heterocycles. The molecule has 1 heterocycles. The van der Waals surface area contributed by atoms with Crippen molar-refractivity contribution in [3.63, 3.8) is 0 Å². The number of hydrogen-bond acceptors (Lipinski definition) is 4. The summed E-state index contributed by atoms with van der Waals surface area (Å²) in [5, 5.41) is 9.19. The number of benzene rings is 1. The molecule has 0 spiro atoms. The van der Waals surface area contributed by atoms with Gasteiger partial charge in [-0.05, 0) is 31.0 Å². The highest BCUT2D eigenvalue weighted by Crippen LogP contribution is 2.33. The van der Waals surface area contributed by atoms with Gasteiger partial charge in [-0.25, -0.2) is 9.78 Å². The van der Waals surface area contributed by atoms with Gasteiger partial charge in [0, 0.05) is 22.9 Å². The van der Waals surface area contributed by atoms with Gasteiger partial charge in [0.05, 0.1) is 0 Å². The van der Waals surface area contributed by atoms with E-state index in [9.17, 15) is 14.7 Å². The lowest BCUT2D eigenvalue weighted by Gasteiger charge is -2.09. The Labute approximate surface area is 128 Å². The molecular formula is C14H11BrN2O4. The average Bonchev–Trinajstić information content (AvgIpc) is 3.27. The molecule has 0 radical (unpaired) electrons. The Morgan fingerprint density at radius 2 is 2.19 bits per heavy atom. The Hall–Kier alpha value is -2.15. The first-order chi connectivity index (χ1) is 10.1. The van der Waals surface area contributed by atoms with Crippen molar-refractivity contribution >= 4 is 21.9 Å². The summed E-state index contributed by atoms with van der Waals surface area (Å²) in [6.07, 6.45) is 5.02. The van der Waals surface area contributed by atoms with Crippen molar-refractivity contribution in [1.29, 1.82) is 0 Å². The summed E-state index contributed by atoms with van der Waals surface area (Å²) < 4.78 is 7.61. The van der Waals surface area contributed by atoms with Crippen LogP contribution in [0.15, 0.2) is 39.9 Å². The Morgan fingerprint density at radius 1 is 1.43 bits per heavy atom. The third-order valence-electron chi connectivity index (χ3n) is 3.16. The number of carboxylic acid groups (broad SMARTS) is 1. The van der Waals surface area contributed by atoms with Gasteiger partial charge >= 0.3 is 11.5 Å². The van der Waals surface area contributed by atoms with E-state index in [2.05, 4.69) is 20.9 Å². The summed E-state index contributed by atoms with van der Waals surface area (Å²) in [6.45, 7) is 0. The monoisotopic (exact) mass is 350 g/mol. The quantitative estimate of drug-likeness (QED) is 0.916. The smallest absolute Gasteiger partial charge is 0.339 e. The van der Waals surface area contributed by atoms with Crippen LogP contribution in [-0.2, 0) is 0 Å². The minimum Gasteiger partial charge on any atom is -0.478 e. The van der Waals surface area contributed by atoms with E-state index >= 15 is 0 Å². The fourth-order valence-corrected chi connectivity index (χ4v) is 2.34. The molecule has 1 aliphatic carbocycles. The molecule has 1 N–H and O–H groups in total. The molecule has 6 nitrogen and oxygen atoms in total. The predicted octanol–water partition coefficient (Wildman–Crippen LogP) is 2.83. The number of aromatic carboxylic acids is 1. The van der Waals surface area contributed by atoms with E-state index < -0.39 is 5.97 Å².